The molecule has 1 aliphatic heterocycles. The molecule has 0 unspecified atom stereocenters. The van der Waals surface area contributed by atoms with E-state index in [0.29, 0.717) is 12.5 Å². The highest BCUT2D eigenvalue weighted by Gasteiger charge is 2.16. The van der Waals surface area contributed by atoms with Crippen LogP contribution in [-0.2, 0) is 17.8 Å². The summed E-state index contributed by atoms with van der Waals surface area (Å²) < 4.78 is 2.30. The summed E-state index contributed by atoms with van der Waals surface area (Å²) in [6, 6.07) is 19.3. The molecule has 27 heavy (non-hydrogen) atoms. The molecule has 4 heteroatoms. The average molecular weight is 361 g/mol. The van der Waals surface area contributed by atoms with Crippen LogP contribution in [0.5, 0.6) is 0 Å². The molecule has 4 nitrogen and oxygen atoms in total. The van der Waals surface area contributed by atoms with Crippen LogP contribution in [0.1, 0.15) is 30.4 Å². The van der Waals surface area contributed by atoms with E-state index in [4.69, 9.17) is 0 Å². The van der Waals surface area contributed by atoms with E-state index in [1.54, 1.807) is 0 Å². The number of para-hydroxylation sites is 1. The molecule has 1 aromatic heterocycles. The second-order valence-corrected chi connectivity index (χ2v) is 7.38. The molecule has 1 aliphatic rings. The molecule has 2 N–H and O–H groups in total. The second kappa shape index (κ2) is 8.40. The minimum absolute atomic E-state index is 0.168. The topological polar surface area (TPSA) is 46.1 Å². The van der Waals surface area contributed by atoms with Crippen LogP contribution in [0.25, 0.3) is 10.9 Å². The molecule has 0 spiro atoms. The minimum Gasteiger partial charge on any atom is -0.353 e. The highest BCUT2D eigenvalue weighted by atomic mass is 16.1. The molecule has 0 atom stereocenters. The molecule has 1 amide bonds. The van der Waals surface area contributed by atoms with Gasteiger partial charge in [0, 0.05) is 36.1 Å². The minimum atomic E-state index is 0.168. The SMILES string of the molecule is O=C(CCc1cn(Cc2ccccc2)c2ccccc12)NC1CCNCC1. The number of amides is 1. The molecule has 1 fully saturated rings. The number of nitrogens with one attached hydrogen (secondary N) is 2. The van der Waals surface area contributed by atoms with Crippen molar-refractivity contribution in [3.8, 4) is 0 Å². The van der Waals surface area contributed by atoms with Crippen molar-refractivity contribution in [2.75, 3.05) is 13.1 Å². The molecule has 0 radical (unpaired) electrons. The van der Waals surface area contributed by atoms with Crippen LogP contribution in [0.2, 0.25) is 0 Å². The molecule has 4 rings (SSSR count). The lowest BCUT2D eigenvalue weighted by atomic mass is 10.1. The summed E-state index contributed by atoms with van der Waals surface area (Å²) in [7, 11) is 0. The van der Waals surface area contributed by atoms with Crippen molar-refractivity contribution >= 4 is 16.8 Å². The monoisotopic (exact) mass is 361 g/mol. The van der Waals surface area contributed by atoms with Gasteiger partial charge >= 0.3 is 0 Å². The van der Waals surface area contributed by atoms with Gasteiger partial charge in [-0.15, -0.1) is 0 Å². The van der Waals surface area contributed by atoms with Crippen LogP contribution in [0, 0.1) is 0 Å². The predicted octanol–water partition coefficient (Wildman–Crippen LogP) is 3.49. The first-order valence-electron chi connectivity index (χ1n) is 9.90. The summed E-state index contributed by atoms with van der Waals surface area (Å²) in [6.07, 6.45) is 5.60. The largest absolute Gasteiger partial charge is 0.353 e. The summed E-state index contributed by atoms with van der Waals surface area (Å²) >= 11 is 0. The third kappa shape index (κ3) is 4.40. The van der Waals surface area contributed by atoms with Gasteiger partial charge in [-0.2, -0.15) is 0 Å². The van der Waals surface area contributed by atoms with Crippen LogP contribution in [0.3, 0.4) is 0 Å². The maximum absolute atomic E-state index is 12.4. The molecule has 1 saturated heterocycles. The van der Waals surface area contributed by atoms with E-state index >= 15 is 0 Å². The van der Waals surface area contributed by atoms with Crippen LogP contribution < -0.4 is 10.6 Å². The Balaban J connectivity index is 1.46. The summed E-state index contributed by atoms with van der Waals surface area (Å²) in [5, 5.41) is 7.79. The van der Waals surface area contributed by atoms with Crippen molar-refractivity contribution in [3.05, 3.63) is 71.9 Å². The van der Waals surface area contributed by atoms with Gasteiger partial charge in [0.1, 0.15) is 0 Å². The summed E-state index contributed by atoms with van der Waals surface area (Å²) in [5.41, 5.74) is 3.77. The van der Waals surface area contributed by atoms with Crippen molar-refractivity contribution < 1.29 is 4.79 Å². The maximum Gasteiger partial charge on any atom is 0.220 e. The standard InChI is InChI=1S/C23H27N3O/c27-23(25-20-12-14-24-15-13-20)11-10-19-17-26(16-18-6-2-1-3-7-18)22-9-5-4-8-21(19)22/h1-9,17,20,24H,10-16H2,(H,25,27). The molecule has 0 saturated carbocycles. The number of benzene rings is 2. The Kier molecular flexibility index (Phi) is 5.54. The van der Waals surface area contributed by atoms with Gasteiger partial charge in [0.25, 0.3) is 0 Å². The van der Waals surface area contributed by atoms with Crippen LogP contribution in [-0.4, -0.2) is 29.6 Å². The van der Waals surface area contributed by atoms with E-state index < -0.39 is 0 Å². The number of rotatable bonds is 6. The van der Waals surface area contributed by atoms with Crippen molar-refractivity contribution in [1.82, 2.24) is 15.2 Å². The van der Waals surface area contributed by atoms with E-state index in [-0.39, 0.29) is 5.91 Å². The summed E-state index contributed by atoms with van der Waals surface area (Å²) in [6.45, 7) is 2.85. The Labute approximate surface area is 160 Å². The van der Waals surface area contributed by atoms with Gasteiger partial charge in [0.2, 0.25) is 5.91 Å². The lowest BCUT2D eigenvalue weighted by molar-refractivity contribution is -0.121. The van der Waals surface area contributed by atoms with Crippen molar-refractivity contribution in [3.63, 3.8) is 0 Å². The third-order valence-electron chi connectivity index (χ3n) is 5.39. The molecular formula is C23H27N3O. The van der Waals surface area contributed by atoms with E-state index in [0.717, 1.165) is 38.9 Å². The highest BCUT2D eigenvalue weighted by Crippen LogP contribution is 2.23. The van der Waals surface area contributed by atoms with Gasteiger partial charge < -0.3 is 15.2 Å². The number of hydrogen-bond acceptors (Lipinski definition) is 2. The number of aryl methyl sites for hydroxylation is 1. The summed E-state index contributed by atoms with van der Waals surface area (Å²) in [5.74, 6) is 0.168. The van der Waals surface area contributed by atoms with Gasteiger partial charge in [-0.1, -0.05) is 48.5 Å². The molecule has 0 aliphatic carbocycles. The van der Waals surface area contributed by atoms with E-state index in [1.165, 1.54) is 22.0 Å². The average Bonchev–Trinajstić information content (AvgIpc) is 3.06. The number of nitrogens with zero attached hydrogens (tertiary/aromatic N) is 1. The van der Waals surface area contributed by atoms with E-state index in [9.17, 15) is 4.79 Å². The zero-order valence-corrected chi connectivity index (χ0v) is 15.7. The van der Waals surface area contributed by atoms with Gasteiger partial charge in [0.15, 0.2) is 0 Å². The van der Waals surface area contributed by atoms with Crippen LogP contribution >= 0.6 is 0 Å². The maximum atomic E-state index is 12.4. The normalized spacial score (nSPS) is 15.1. The Hall–Kier alpha value is -2.59. The Bertz CT molecular complexity index is 894. The smallest absolute Gasteiger partial charge is 0.220 e. The number of carbonyl (C=O) groups excluding carboxylic acids is 1. The number of carbonyl (C=O) groups is 1. The Morgan fingerprint density at radius 1 is 1.04 bits per heavy atom. The fraction of sp³-hybridized carbons (Fsp3) is 0.348. The first-order valence-corrected chi connectivity index (χ1v) is 9.90. The first kappa shape index (κ1) is 17.8. The molecule has 140 valence electrons. The highest BCUT2D eigenvalue weighted by molar-refractivity contribution is 5.85. The summed E-state index contributed by atoms with van der Waals surface area (Å²) in [4.78, 5) is 12.4. The number of aromatic nitrogens is 1. The molecule has 2 heterocycles. The molecule has 3 aromatic rings. The molecule has 0 bridgehead atoms. The first-order chi connectivity index (χ1) is 13.3. The lowest BCUT2D eigenvalue weighted by Gasteiger charge is -2.23. The zero-order chi connectivity index (χ0) is 18.5. The second-order valence-electron chi connectivity index (χ2n) is 7.38. The van der Waals surface area contributed by atoms with Crippen LogP contribution in [0.15, 0.2) is 60.8 Å². The zero-order valence-electron chi connectivity index (χ0n) is 15.7. The fourth-order valence-corrected chi connectivity index (χ4v) is 3.95. The lowest BCUT2D eigenvalue weighted by Crippen LogP contribution is -2.42. The third-order valence-corrected chi connectivity index (χ3v) is 5.39. The van der Waals surface area contributed by atoms with E-state index in [2.05, 4.69) is 69.9 Å². The van der Waals surface area contributed by atoms with Gasteiger partial charge in [-0.25, -0.2) is 0 Å². The van der Waals surface area contributed by atoms with Crippen LogP contribution in [0.4, 0.5) is 0 Å². The predicted molar refractivity (Wildman–Crippen MR) is 110 cm³/mol. The fourth-order valence-electron chi connectivity index (χ4n) is 3.95. The van der Waals surface area contributed by atoms with Crippen molar-refractivity contribution in [2.24, 2.45) is 0 Å². The molecular weight excluding hydrogens is 334 g/mol. The Morgan fingerprint density at radius 3 is 2.59 bits per heavy atom. The van der Waals surface area contributed by atoms with Gasteiger partial charge in [0.05, 0.1) is 0 Å². The number of fused-ring (bicyclic) bond motifs is 1. The Morgan fingerprint density at radius 2 is 1.78 bits per heavy atom. The van der Waals surface area contributed by atoms with E-state index in [1.807, 2.05) is 6.07 Å². The molecule has 2 aromatic carbocycles. The number of piperidine rings is 1. The van der Waals surface area contributed by atoms with Gasteiger partial charge in [-0.05, 0) is 49.5 Å². The quantitative estimate of drug-likeness (QED) is 0.706. The van der Waals surface area contributed by atoms with Crippen molar-refractivity contribution in [1.29, 1.82) is 0 Å². The number of hydrogen-bond donors (Lipinski definition) is 2. The van der Waals surface area contributed by atoms with Crippen molar-refractivity contribution in [2.45, 2.75) is 38.3 Å². The van der Waals surface area contributed by atoms with Gasteiger partial charge in [-0.3, -0.25) is 4.79 Å².